The molecular formula is C22H16O4. The molecule has 4 rings (SSSR count). The van der Waals surface area contributed by atoms with Crippen molar-refractivity contribution in [3.8, 4) is 0 Å². The molecule has 4 nitrogen and oxygen atoms in total. The van der Waals surface area contributed by atoms with Crippen LogP contribution in [0.2, 0.25) is 0 Å². The Balaban J connectivity index is 0.000000151. The van der Waals surface area contributed by atoms with E-state index in [1.165, 1.54) is 0 Å². The first kappa shape index (κ1) is 17.2. The summed E-state index contributed by atoms with van der Waals surface area (Å²) < 4.78 is 0. The van der Waals surface area contributed by atoms with E-state index >= 15 is 0 Å². The molecule has 0 unspecified atom stereocenters. The number of carboxylic acids is 2. The maximum absolute atomic E-state index is 10.6. The Labute approximate surface area is 149 Å². The molecular weight excluding hydrogens is 328 g/mol. The molecule has 0 saturated heterocycles. The molecule has 26 heavy (non-hydrogen) atoms. The maximum Gasteiger partial charge on any atom is 0.335 e. The van der Waals surface area contributed by atoms with Gasteiger partial charge in [0.15, 0.2) is 0 Å². The summed E-state index contributed by atoms with van der Waals surface area (Å²) in [6.07, 6.45) is 0. The molecule has 0 aromatic heterocycles. The van der Waals surface area contributed by atoms with Gasteiger partial charge in [-0.1, -0.05) is 60.7 Å². The van der Waals surface area contributed by atoms with Crippen molar-refractivity contribution in [2.24, 2.45) is 0 Å². The van der Waals surface area contributed by atoms with Crippen molar-refractivity contribution in [3.63, 3.8) is 0 Å². The van der Waals surface area contributed by atoms with Gasteiger partial charge in [-0.3, -0.25) is 0 Å². The van der Waals surface area contributed by atoms with Gasteiger partial charge in [0.05, 0.1) is 11.1 Å². The van der Waals surface area contributed by atoms with Crippen molar-refractivity contribution >= 4 is 33.5 Å². The summed E-state index contributed by atoms with van der Waals surface area (Å²) in [5, 5.41) is 21.5. The molecule has 0 saturated carbocycles. The zero-order valence-corrected chi connectivity index (χ0v) is 13.8. The van der Waals surface area contributed by atoms with E-state index in [9.17, 15) is 9.59 Å². The van der Waals surface area contributed by atoms with Crippen LogP contribution in [-0.2, 0) is 0 Å². The lowest BCUT2D eigenvalue weighted by molar-refractivity contribution is 0.0686. The Morgan fingerprint density at radius 2 is 0.846 bits per heavy atom. The van der Waals surface area contributed by atoms with E-state index in [4.69, 9.17) is 10.2 Å². The van der Waals surface area contributed by atoms with E-state index in [0.717, 1.165) is 21.5 Å². The largest absolute Gasteiger partial charge is 0.478 e. The number of rotatable bonds is 2. The summed E-state index contributed by atoms with van der Waals surface area (Å²) in [5.41, 5.74) is 0.664. The summed E-state index contributed by atoms with van der Waals surface area (Å²) in [6, 6.07) is 25.6. The molecule has 4 aromatic rings. The zero-order chi connectivity index (χ0) is 18.5. The van der Waals surface area contributed by atoms with E-state index in [2.05, 4.69) is 0 Å². The number of benzene rings is 4. The molecule has 0 bridgehead atoms. The van der Waals surface area contributed by atoms with Gasteiger partial charge in [-0.05, 0) is 45.8 Å². The predicted molar refractivity (Wildman–Crippen MR) is 102 cm³/mol. The summed E-state index contributed by atoms with van der Waals surface area (Å²) >= 11 is 0. The summed E-state index contributed by atoms with van der Waals surface area (Å²) in [4.78, 5) is 21.3. The third-order valence-corrected chi connectivity index (χ3v) is 3.99. The van der Waals surface area contributed by atoms with E-state index < -0.39 is 11.9 Å². The number of carbonyl (C=O) groups is 2. The minimum absolute atomic E-state index is 0.332. The Morgan fingerprint density at radius 1 is 0.500 bits per heavy atom. The van der Waals surface area contributed by atoms with E-state index in [1.54, 1.807) is 24.3 Å². The van der Waals surface area contributed by atoms with Crippen LogP contribution in [0.5, 0.6) is 0 Å². The zero-order valence-electron chi connectivity index (χ0n) is 13.8. The fraction of sp³-hybridized carbons (Fsp3) is 0. The normalized spacial score (nSPS) is 10.2. The van der Waals surface area contributed by atoms with Gasteiger partial charge in [-0.15, -0.1) is 0 Å². The number of aromatic carboxylic acids is 2. The van der Waals surface area contributed by atoms with Crippen molar-refractivity contribution in [1.29, 1.82) is 0 Å². The molecule has 0 spiro atoms. The predicted octanol–water partition coefficient (Wildman–Crippen LogP) is 5.08. The molecule has 0 heterocycles. The minimum Gasteiger partial charge on any atom is -0.478 e. The lowest BCUT2D eigenvalue weighted by Crippen LogP contribution is -1.94. The van der Waals surface area contributed by atoms with E-state index in [1.807, 2.05) is 60.7 Å². The molecule has 0 atom stereocenters. The fourth-order valence-corrected chi connectivity index (χ4v) is 2.64. The van der Waals surface area contributed by atoms with E-state index in [-0.39, 0.29) is 0 Å². The minimum atomic E-state index is -0.884. The second kappa shape index (κ2) is 7.49. The lowest BCUT2D eigenvalue weighted by atomic mass is 10.1. The quantitative estimate of drug-likeness (QED) is 0.532. The number of hydrogen-bond donors (Lipinski definition) is 2. The fourth-order valence-electron chi connectivity index (χ4n) is 2.64. The van der Waals surface area contributed by atoms with Crippen molar-refractivity contribution in [1.82, 2.24) is 0 Å². The first-order chi connectivity index (χ1) is 12.5. The van der Waals surface area contributed by atoms with Gasteiger partial charge < -0.3 is 10.2 Å². The summed E-state index contributed by atoms with van der Waals surface area (Å²) in [5.74, 6) is -1.77. The van der Waals surface area contributed by atoms with Crippen LogP contribution in [0.3, 0.4) is 0 Å². The first-order valence-electron chi connectivity index (χ1n) is 7.99. The SMILES string of the molecule is O=C(O)c1ccc2ccccc2c1.O=C(O)c1ccc2ccccc2c1. The van der Waals surface area contributed by atoms with Crippen LogP contribution in [0.1, 0.15) is 20.7 Å². The van der Waals surface area contributed by atoms with Crippen molar-refractivity contribution in [2.75, 3.05) is 0 Å². The Hall–Kier alpha value is -3.66. The Bertz CT molecular complexity index is 1010. The molecule has 4 aromatic carbocycles. The van der Waals surface area contributed by atoms with Gasteiger partial charge in [-0.2, -0.15) is 0 Å². The lowest BCUT2D eigenvalue weighted by Gasteiger charge is -1.98. The highest BCUT2D eigenvalue weighted by molar-refractivity contribution is 5.95. The van der Waals surface area contributed by atoms with Gasteiger partial charge in [0, 0.05) is 0 Å². The number of hydrogen-bond acceptors (Lipinski definition) is 2. The van der Waals surface area contributed by atoms with Crippen LogP contribution in [-0.4, -0.2) is 22.2 Å². The molecule has 0 aliphatic heterocycles. The number of fused-ring (bicyclic) bond motifs is 2. The standard InChI is InChI=1S/2C11H8O2/c2*12-11(13)10-6-5-8-3-1-2-4-9(8)7-10/h2*1-7H,(H,12,13). The van der Waals surface area contributed by atoms with Gasteiger partial charge in [0.1, 0.15) is 0 Å². The van der Waals surface area contributed by atoms with Crippen molar-refractivity contribution in [3.05, 3.63) is 96.1 Å². The smallest absolute Gasteiger partial charge is 0.335 e. The molecule has 2 N–H and O–H groups in total. The average Bonchev–Trinajstić information content (AvgIpc) is 2.67. The molecule has 4 heteroatoms. The molecule has 0 aliphatic rings. The molecule has 0 aliphatic carbocycles. The Morgan fingerprint density at radius 3 is 1.19 bits per heavy atom. The second-order valence-corrected chi connectivity index (χ2v) is 5.73. The van der Waals surface area contributed by atoms with Crippen molar-refractivity contribution < 1.29 is 19.8 Å². The van der Waals surface area contributed by atoms with Gasteiger partial charge in [0.25, 0.3) is 0 Å². The highest BCUT2D eigenvalue weighted by Gasteiger charge is 2.02. The third-order valence-electron chi connectivity index (χ3n) is 3.99. The van der Waals surface area contributed by atoms with Crippen molar-refractivity contribution in [2.45, 2.75) is 0 Å². The second-order valence-electron chi connectivity index (χ2n) is 5.73. The van der Waals surface area contributed by atoms with Crippen LogP contribution < -0.4 is 0 Å². The molecule has 0 amide bonds. The highest BCUT2D eigenvalue weighted by atomic mass is 16.4. The van der Waals surface area contributed by atoms with E-state index in [0.29, 0.717) is 11.1 Å². The van der Waals surface area contributed by atoms with Crippen LogP contribution in [0.4, 0.5) is 0 Å². The number of carboxylic acid groups (broad SMARTS) is 2. The summed E-state index contributed by atoms with van der Waals surface area (Å²) in [7, 11) is 0. The molecule has 0 radical (unpaired) electrons. The van der Waals surface area contributed by atoms with Crippen LogP contribution in [0.25, 0.3) is 21.5 Å². The first-order valence-corrected chi connectivity index (χ1v) is 7.99. The van der Waals surface area contributed by atoms with Crippen LogP contribution in [0, 0.1) is 0 Å². The third kappa shape index (κ3) is 3.87. The van der Waals surface area contributed by atoms with Gasteiger partial charge in [0.2, 0.25) is 0 Å². The Kier molecular flexibility index (Phi) is 4.94. The van der Waals surface area contributed by atoms with Gasteiger partial charge >= 0.3 is 11.9 Å². The summed E-state index contributed by atoms with van der Waals surface area (Å²) in [6.45, 7) is 0. The molecule has 0 fully saturated rings. The van der Waals surface area contributed by atoms with Gasteiger partial charge in [-0.25, -0.2) is 9.59 Å². The monoisotopic (exact) mass is 344 g/mol. The molecule has 128 valence electrons. The van der Waals surface area contributed by atoms with Crippen LogP contribution in [0.15, 0.2) is 84.9 Å². The van der Waals surface area contributed by atoms with Crippen LogP contribution >= 0.6 is 0 Å². The average molecular weight is 344 g/mol. The maximum atomic E-state index is 10.6. The highest BCUT2D eigenvalue weighted by Crippen LogP contribution is 2.16. The topological polar surface area (TPSA) is 74.6 Å².